The lowest BCUT2D eigenvalue weighted by Gasteiger charge is -2.12. The molecule has 2 rings (SSSR count). The first-order valence-corrected chi connectivity index (χ1v) is 5.72. The summed E-state index contributed by atoms with van der Waals surface area (Å²) in [6.45, 7) is 1.63. The van der Waals surface area contributed by atoms with Crippen LogP contribution in [-0.2, 0) is 4.74 Å². The van der Waals surface area contributed by atoms with E-state index in [2.05, 4.69) is 21.2 Å². The molecular formula is C10H11BrClNO. The van der Waals surface area contributed by atoms with Crippen LogP contribution in [0.15, 0.2) is 22.7 Å². The summed E-state index contributed by atoms with van der Waals surface area (Å²) < 4.78 is 6.20. The van der Waals surface area contributed by atoms with E-state index in [0.717, 1.165) is 34.8 Å². The average molecular weight is 277 g/mol. The molecule has 14 heavy (non-hydrogen) atoms. The van der Waals surface area contributed by atoms with Crippen molar-refractivity contribution >= 4 is 33.2 Å². The number of benzene rings is 1. The zero-order valence-electron chi connectivity index (χ0n) is 7.59. The van der Waals surface area contributed by atoms with E-state index in [4.69, 9.17) is 16.3 Å². The zero-order chi connectivity index (χ0) is 9.97. The Bertz CT molecular complexity index is 326. The second kappa shape index (κ2) is 4.51. The van der Waals surface area contributed by atoms with Gasteiger partial charge in [-0.05, 0) is 40.5 Å². The molecule has 76 valence electrons. The van der Waals surface area contributed by atoms with Crippen LogP contribution in [0.25, 0.3) is 0 Å². The van der Waals surface area contributed by atoms with E-state index >= 15 is 0 Å². The summed E-state index contributed by atoms with van der Waals surface area (Å²) in [5.74, 6) is 0. The summed E-state index contributed by atoms with van der Waals surface area (Å²) in [5, 5.41) is 4.11. The minimum atomic E-state index is 0.423. The van der Waals surface area contributed by atoms with Gasteiger partial charge in [-0.1, -0.05) is 11.6 Å². The molecule has 1 heterocycles. The summed E-state index contributed by atoms with van der Waals surface area (Å²) in [7, 11) is 0. The Balaban J connectivity index is 2.05. The Hall–Kier alpha value is -0.250. The maximum Gasteiger partial charge on any atom is 0.0668 e. The Kier molecular flexibility index (Phi) is 3.31. The van der Waals surface area contributed by atoms with E-state index in [-0.39, 0.29) is 0 Å². The van der Waals surface area contributed by atoms with Gasteiger partial charge in [0.05, 0.1) is 17.7 Å². The van der Waals surface area contributed by atoms with Crippen LogP contribution in [0, 0.1) is 0 Å². The van der Waals surface area contributed by atoms with Gasteiger partial charge in [0, 0.05) is 16.8 Å². The SMILES string of the molecule is Clc1cc(NC2CCOC2)ccc1Br. The first-order valence-electron chi connectivity index (χ1n) is 4.55. The van der Waals surface area contributed by atoms with Crippen LogP contribution in [0.4, 0.5) is 5.69 Å². The fraction of sp³-hybridized carbons (Fsp3) is 0.400. The van der Waals surface area contributed by atoms with E-state index in [1.807, 2.05) is 18.2 Å². The molecule has 0 saturated carbocycles. The molecule has 1 atom stereocenters. The Morgan fingerprint density at radius 2 is 2.36 bits per heavy atom. The van der Waals surface area contributed by atoms with Crippen LogP contribution in [0.3, 0.4) is 0 Å². The minimum Gasteiger partial charge on any atom is -0.380 e. The second-order valence-electron chi connectivity index (χ2n) is 3.33. The Labute approximate surface area is 96.7 Å². The largest absolute Gasteiger partial charge is 0.380 e. The molecule has 1 aliphatic heterocycles. The molecule has 0 spiro atoms. The number of nitrogens with one attached hydrogen (secondary N) is 1. The van der Waals surface area contributed by atoms with Gasteiger partial charge in [0.15, 0.2) is 0 Å². The van der Waals surface area contributed by atoms with Gasteiger partial charge >= 0.3 is 0 Å². The zero-order valence-corrected chi connectivity index (χ0v) is 9.94. The van der Waals surface area contributed by atoms with E-state index < -0.39 is 0 Å². The summed E-state index contributed by atoms with van der Waals surface area (Å²) in [6.07, 6.45) is 1.06. The maximum atomic E-state index is 5.98. The maximum absolute atomic E-state index is 5.98. The van der Waals surface area contributed by atoms with Crippen molar-refractivity contribution in [1.29, 1.82) is 0 Å². The van der Waals surface area contributed by atoms with Crippen LogP contribution in [0.5, 0.6) is 0 Å². The highest BCUT2D eigenvalue weighted by Crippen LogP contribution is 2.26. The van der Waals surface area contributed by atoms with Gasteiger partial charge in [-0.15, -0.1) is 0 Å². The molecule has 1 N–H and O–H groups in total. The summed E-state index contributed by atoms with van der Waals surface area (Å²) >= 11 is 9.34. The number of rotatable bonds is 2. The first kappa shape index (κ1) is 10.3. The molecule has 0 amide bonds. The van der Waals surface area contributed by atoms with Gasteiger partial charge in [-0.2, -0.15) is 0 Å². The molecule has 0 radical (unpaired) electrons. The minimum absolute atomic E-state index is 0.423. The van der Waals surface area contributed by atoms with E-state index in [0.29, 0.717) is 6.04 Å². The van der Waals surface area contributed by atoms with E-state index in [1.54, 1.807) is 0 Å². The fourth-order valence-corrected chi connectivity index (χ4v) is 1.90. The molecule has 1 unspecified atom stereocenters. The first-order chi connectivity index (χ1) is 6.75. The second-order valence-corrected chi connectivity index (χ2v) is 4.60. The predicted molar refractivity (Wildman–Crippen MR) is 62.0 cm³/mol. The van der Waals surface area contributed by atoms with Crippen LogP contribution in [0.1, 0.15) is 6.42 Å². The molecule has 1 aliphatic rings. The summed E-state index contributed by atoms with van der Waals surface area (Å²) in [5.41, 5.74) is 1.05. The van der Waals surface area contributed by atoms with E-state index in [1.165, 1.54) is 0 Å². The molecule has 1 saturated heterocycles. The van der Waals surface area contributed by atoms with Gasteiger partial charge in [-0.3, -0.25) is 0 Å². The van der Waals surface area contributed by atoms with Crippen molar-refractivity contribution in [3.05, 3.63) is 27.7 Å². The topological polar surface area (TPSA) is 21.3 Å². The number of anilines is 1. The highest BCUT2D eigenvalue weighted by atomic mass is 79.9. The third-order valence-corrected chi connectivity index (χ3v) is 3.45. The highest BCUT2D eigenvalue weighted by Gasteiger charge is 2.15. The molecule has 1 aromatic rings. The van der Waals surface area contributed by atoms with Crippen LogP contribution in [-0.4, -0.2) is 19.3 Å². The standard InChI is InChI=1S/C10H11BrClNO/c11-9-2-1-7(5-10(9)12)13-8-3-4-14-6-8/h1-2,5,8,13H,3-4,6H2. The van der Waals surface area contributed by atoms with Crippen molar-refractivity contribution in [2.75, 3.05) is 18.5 Å². The lowest BCUT2D eigenvalue weighted by molar-refractivity contribution is 0.195. The summed E-state index contributed by atoms with van der Waals surface area (Å²) in [4.78, 5) is 0. The van der Waals surface area contributed by atoms with Crippen molar-refractivity contribution in [1.82, 2.24) is 0 Å². The van der Waals surface area contributed by atoms with Gasteiger partial charge in [0.25, 0.3) is 0 Å². The lowest BCUT2D eigenvalue weighted by Crippen LogP contribution is -2.18. The third-order valence-electron chi connectivity index (χ3n) is 2.22. The number of ether oxygens (including phenoxy) is 1. The number of hydrogen-bond acceptors (Lipinski definition) is 2. The molecular weight excluding hydrogens is 265 g/mol. The fourth-order valence-electron chi connectivity index (χ4n) is 1.47. The van der Waals surface area contributed by atoms with Crippen molar-refractivity contribution in [3.63, 3.8) is 0 Å². The molecule has 4 heteroatoms. The van der Waals surface area contributed by atoms with Gasteiger partial charge in [0.2, 0.25) is 0 Å². The molecule has 1 fully saturated rings. The highest BCUT2D eigenvalue weighted by molar-refractivity contribution is 9.10. The van der Waals surface area contributed by atoms with Crippen LogP contribution >= 0.6 is 27.5 Å². The van der Waals surface area contributed by atoms with Gasteiger partial charge in [-0.25, -0.2) is 0 Å². The quantitative estimate of drug-likeness (QED) is 0.895. The van der Waals surface area contributed by atoms with Crippen molar-refractivity contribution in [2.24, 2.45) is 0 Å². The van der Waals surface area contributed by atoms with Crippen LogP contribution < -0.4 is 5.32 Å². The van der Waals surface area contributed by atoms with Crippen molar-refractivity contribution < 1.29 is 4.74 Å². The van der Waals surface area contributed by atoms with Crippen LogP contribution in [0.2, 0.25) is 5.02 Å². The predicted octanol–water partition coefficient (Wildman–Crippen LogP) is 3.30. The number of hydrogen-bond donors (Lipinski definition) is 1. The van der Waals surface area contributed by atoms with E-state index in [9.17, 15) is 0 Å². The molecule has 2 nitrogen and oxygen atoms in total. The smallest absolute Gasteiger partial charge is 0.0668 e. The normalized spacial score (nSPS) is 21.1. The van der Waals surface area contributed by atoms with Crippen molar-refractivity contribution in [2.45, 2.75) is 12.5 Å². The monoisotopic (exact) mass is 275 g/mol. The summed E-state index contributed by atoms with van der Waals surface area (Å²) in [6, 6.07) is 6.30. The van der Waals surface area contributed by atoms with Gasteiger partial charge < -0.3 is 10.1 Å². The molecule has 0 aromatic heterocycles. The molecule has 0 aliphatic carbocycles. The average Bonchev–Trinajstić information content (AvgIpc) is 2.64. The third kappa shape index (κ3) is 2.41. The Morgan fingerprint density at radius 1 is 1.50 bits per heavy atom. The van der Waals surface area contributed by atoms with Gasteiger partial charge in [0.1, 0.15) is 0 Å². The molecule has 1 aromatic carbocycles. The number of halogens is 2. The Morgan fingerprint density at radius 3 is 3.00 bits per heavy atom. The lowest BCUT2D eigenvalue weighted by atomic mass is 10.2. The molecule has 0 bridgehead atoms. The van der Waals surface area contributed by atoms with Crippen molar-refractivity contribution in [3.8, 4) is 0 Å².